The number of hydrogen-bond acceptors (Lipinski definition) is 1. The van der Waals surface area contributed by atoms with Crippen LogP contribution in [0.5, 0.6) is 0 Å². The summed E-state index contributed by atoms with van der Waals surface area (Å²) in [5, 5.41) is 9.20. The minimum atomic E-state index is -0.130. The fourth-order valence-electron chi connectivity index (χ4n) is 0.770. The van der Waals surface area contributed by atoms with E-state index in [4.69, 9.17) is 0 Å². The van der Waals surface area contributed by atoms with Crippen LogP contribution in [0.15, 0.2) is 0 Å². The summed E-state index contributed by atoms with van der Waals surface area (Å²) in [7, 11) is 0. The van der Waals surface area contributed by atoms with E-state index in [1.54, 1.807) is 0 Å². The van der Waals surface area contributed by atoms with Crippen LogP contribution in [-0.4, -0.2) is 11.2 Å². The monoisotopic (exact) mass is 150 g/mol. The van der Waals surface area contributed by atoms with Gasteiger partial charge < -0.3 is 5.11 Å². The Morgan fingerprint density at radius 3 is 1.11 bits per heavy atom. The fraction of sp³-hybridized carbons (Fsp3) is 1.00. The van der Waals surface area contributed by atoms with Crippen LogP contribution in [0.1, 0.15) is 27.7 Å². The lowest BCUT2D eigenvalue weighted by Crippen LogP contribution is -2.20. The maximum Gasteiger partial charge on any atom is 0.0586 e. The molecule has 0 aromatic heterocycles. The van der Waals surface area contributed by atoms with Crippen LogP contribution in [-0.2, 0) is 0 Å². The third kappa shape index (κ3) is 4.87. The Balaban J connectivity index is 0. The van der Waals surface area contributed by atoms with Gasteiger partial charge in [-0.25, -0.2) is 0 Å². The summed E-state index contributed by atoms with van der Waals surface area (Å²) in [4.78, 5) is 0. The second kappa shape index (κ2) is 5.20. The van der Waals surface area contributed by atoms with Gasteiger partial charge in [0.1, 0.15) is 0 Å². The molecule has 2 heteroatoms. The summed E-state index contributed by atoms with van der Waals surface area (Å²) in [5.41, 5.74) is 0. The van der Waals surface area contributed by atoms with Crippen LogP contribution in [0, 0.1) is 11.8 Å². The summed E-state index contributed by atoms with van der Waals surface area (Å²) in [6.07, 6.45) is -0.130. The average Bonchev–Trinajstić information content (AvgIpc) is 1.64. The molecule has 9 heavy (non-hydrogen) atoms. The van der Waals surface area contributed by atoms with E-state index in [1.807, 2.05) is 27.7 Å². The average molecular weight is 150 g/mol. The van der Waals surface area contributed by atoms with E-state index in [0.29, 0.717) is 11.8 Å². The predicted octanol–water partition coefficient (Wildman–Crippen LogP) is 1.72. The van der Waals surface area contributed by atoms with Gasteiger partial charge in [0.25, 0.3) is 0 Å². The lowest BCUT2D eigenvalue weighted by molar-refractivity contribution is 0.0801. The van der Waals surface area contributed by atoms with Crippen molar-refractivity contribution in [1.29, 1.82) is 0 Å². The summed E-state index contributed by atoms with van der Waals surface area (Å²) in [5.74, 6) is 0.796. The van der Waals surface area contributed by atoms with Crippen molar-refractivity contribution in [3.05, 3.63) is 0 Å². The Morgan fingerprint density at radius 1 is 0.889 bits per heavy atom. The van der Waals surface area contributed by atoms with Gasteiger partial charge in [-0.05, 0) is 11.8 Å². The predicted molar refractivity (Wildman–Crippen MR) is 46.8 cm³/mol. The van der Waals surface area contributed by atoms with Gasteiger partial charge in [-0.15, -0.1) is 0 Å². The minimum Gasteiger partial charge on any atom is -0.393 e. The summed E-state index contributed by atoms with van der Waals surface area (Å²) in [6, 6.07) is 0. The molecule has 0 aromatic carbocycles. The van der Waals surface area contributed by atoms with E-state index in [-0.39, 0.29) is 16.0 Å². The van der Waals surface area contributed by atoms with Crippen LogP contribution < -0.4 is 0 Å². The molecule has 0 saturated carbocycles. The molecular formula is C7H19OP. The fourth-order valence-corrected chi connectivity index (χ4v) is 0.770. The largest absolute Gasteiger partial charge is 0.393 e. The molecule has 1 unspecified atom stereocenters. The second-order valence-corrected chi connectivity index (χ2v) is 2.98. The molecule has 0 spiro atoms. The lowest BCUT2D eigenvalue weighted by Gasteiger charge is -2.17. The number of aliphatic hydroxyl groups excluding tert-OH is 1. The molecule has 0 radical (unpaired) electrons. The third-order valence-corrected chi connectivity index (χ3v) is 1.37. The Hall–Kier alpha value is 0.390. The van der Waals surface area contributed by atoms with Crippen LogP contribution in [0.4, 0.5) is 0 Å². The molecule has 0 aliphatic heterocycles. The molecule has 58 valence electrons. The first-order chi connectivity index (χ1) is 3.55. The summed E-state index contributed by atoms with van der Waals surface area (Å²) < 4.78 is 0. The second-order valence-electron chi connectivity index (χ2n) is 2.98. The maximum atomic E-state index is 9.20. The van der Waals surface area contributed by atoms with Gasteiger partial charge in [0.05, 0.1) is 6.10 Å². The van der Waals surface area contributed by atoms with Gasteiger partial charge in [-0.3, -0.25) is 0 Å². The smallest absolute Gasteiger partial charge is 0.0586 e. The van der Waals surface area contributed by atoms with Gasteiger partial charge in [0.15, 0.2) is 0 Å². The van der Waals surface area contributed by atoms with Crippen molar-refractivity contribution in [2.45, 2.75) is 33.8 Å². The first-order valence-electron chi connectivity index (χ1n) is 3.23. The highest BCUT2D eigenvalue weighted by Crippen LogP contribution is 2.10. The Bertz CT molecular complexity index is 53.9. The maximum absolute atomic E-state index is 9.20. The zero-order valence-electron chi connectivity index (χ0n) is 6.89. The topological polar surface area (TPSA) is 20.2 Å². The van der Waals surface area contributed by atoms with Gasteiger partial charge >= 0.3 is 0 Å². The number of rotatable bonds is 2. The molecule has 0 aliphatic carbocycles. The van der Waals surface area contributed by atoms with Gasteiger partial charge in [-0.1, -0.05) is 27.7 Å². The van der Waals surface area contributed by atoms with E-state index in [2.05, 4.69) is 0 Å². The highest BCUT2D eigenvalue weighted by atomic mass is 31.0. The zero-order chi connectivity index (χ0) is 6.73. The molecule has 0 aliphatic rings. The first kappa shape index (κ1) is 12.1. The molecule has 0 saturated heterocycles. The normalized spacial score (nSPS) is 10.7. The van der Waals surface area contributed by atoms with E-state index in [1.165, 1.54) is 0 Å². The summed E-state index contributed by atoms with van der Waals surface area (Å²) >= 11 is 0. The quantitative estimate of drug-likeness (QED) is 0.594. The Morgan fingerprint density at radius 2 is 1.11 bits per heavy atom. The molecular weight excluding hydrogens is 131 g/mol. The molecule has 1 N–H and O–H groups in total. The molecule has 1 nitrogen and oxygen atoms in total. The van der Waals surface area contributed by atoms with E-state index in [9.17, 15) is 5.11 Å². The van der Waals surface area contributed by atoms with Crippen molar-refractivity contribution in [2.24, 2.45) is 11.8 Å². The van der Waals surface area contributed by atoms with Crippen LogP contribution in [0.2, 0.25) is 0 Å². The SMILES string of the molecule is CC(C)C(O)C(C)C.P. The molecule has 0 rings (SSSR count). The summed E-state index contributed by atoms with van der Waals surface area (Å²) in [6.45, 7) is 8.13. The zero-order valence-corrected chi connectivity index (χ0v) is 8.30. The van der Waals surface area contributed by atoms with Crippen molar-refractivity contribution in [1.82, 2.24) is 0 Å². The van der Waals surface area contributed by atoms with E-state index in [0.717, 1.165) is 0 Å². The van der Waals surface area contributed by atoms with Crippen LogP contribution in [0.3, 0.4) is 0 Å². The van der Waals surface area contributed by atoms with Crippen molar-refractivity contribution in [3.8, 4) is 0 Å². The molecule has 0 bridgehead atoms. The molecule has 1 atom stereocenters. The minimum absolute atomic E-state index is 0. The molecule has 0 amide bonds. The van der Waals surface area contributed by atoms with Gasteiger partial charge in [0.2, 0.25) is 0 Å². The van der Waals surface area contributed by atoms with E-state index >= 15 is 0 Å². The van der Waals surface area contributed by atoms with Crippen molar-refractivity contribution in [2.75, 3.05) is 0 Å². The van der Waals surface area contributed by atoms with Crippen molar-refractivity contribution in [3.63, 3.8) is 0 Å². The molecule has 0 heterocycles. The van der Waals surface area contributed by atoms with Crippen LogP contribution >= 0.6 is 9.90 Å². The highest BCUT2D eigenvalue weighted by Gasteiger charge is 2.11. The highest BCUT2D eigenvalue weighted by molar-refractivity contribution is 6.92. The first-order valence-corrected chi connectivity index (χ1v) is 3.23. The third-order valence-electron chi connectivity index (χ3n) is 1.37. The number of aliphatic hydroxyl groups is 1. The van der Waals surface area contributed by atoms with E-state index < -0.39 is 0 Å². The van der Waals surface area contributed by atoms with Gasteiger partial charge in [-0.2, -0.15) is 9.90 Å². The van der Waals surface area contributed by atoms with Gasteiger partial charge in [0, 0.05) is 0 Å². The Labute approximate surface area is 61.5 Å². The number of hydrogen-bond donors (Lipinski definition) is 1. The lowest BCUT2D eigenvalue weighted by atomic mass is 9.97. The Kier molecular flexibility index (Phi) is 6.99. The standard InChI is InChI=1S/C7H16O.H3P/c1-5(2)7(8)6(3)4;/h5-8H,1-4H3;1H3. The molecule has 0 aromatic rings. The van der Waals surface area contributed by atoms with Crippen molar-refractivity contribution >= 4 is 9.90 Å². The van der Waals surface area contributed by atoms with Crippen molar-refractivity contribution < 1.29 is 5.11 Å². The molecule has 0 fully saturated rings. The van der Waals surface area contributed by atoms with Crippen LogP contribution in [0.25, 0.3) is 0 Å².